The van der Waals surface area contributed by atoms with Crippen molar-refractivity contribution in [1.82, 2.24) is 4.98 Å². The number of aromatic hydroxyl groups is 1. The van der Waals surface area contributed by atoms with Gasteiger partial charge in [-0.1, -0.05) is 13.0 Å². The highest BCUT2D eigenvalue weighted by atomic mass is 19.4. The summed E-state index contributed by atoms with van der Waals surface area (Å²) in [5, 5.41) is 23.4. The predicted molar refractivity (Wildman–Crippen MR) is 122 cm³/mol. The smallest absolute Gasteiger partial charge is 0.398 e. The van der Waals surface area contributed by atoms with Crippen LogP contribution in [0.5, 0.6) is 5.75 Å². The van der Waals surface area contributed by atoms with Crippen LogP contribution in [0.2, 0.25) is 0 Å². The highest BCUT2D eigenvalue weighted by Gasteiger charge is 2.57. The van der Waals surface area contributed by atoms with E-state index in [1.165, 1.54) is 18.2 Å². The largest absolute Gasteiger partial charge is 0.505 e. The molecule has 182 valence electrons. The Kier molecular flexibility index (Phi) is 6.10. The maximum absolute atomic E-state index is 15.0. The highest BCUT2D eigenvalue weighted by molar-refractivity contribution is 5.92. The number of aryl methyl sites for hydroxylation is 1. The predicted octanol–water partition coefficient (Wildman–Crippen LogP) is 5.53. The summed E-state index contributed by atoms with van der Waals surface area (Å²) in [6.45, 7) is 1.51. The average molecular weight is 478 g/mol. The van der Waals surface area contributed by atoms with Gasteiger partial charge < -0.3 is 20.5 Å². The van der Waals surface area contributed by atoms with Gasteiger partial charge in [-0.2, -0.15) is 13.2 Å². The SMILES string of the molecule is CCc1cc(NC(c2ccc(O)c(F)c2C2CC2)C(C)(CO)C(F)(F)F)c2ccc(=O)[nH]c2c1. The van der Waals surface area contributed by atoms with Crippen molar-refractivity contribution in [3.8, 4) is 5.75 Å². The zero-order valence-electron chi connectivity index (χ0n) is 18.8. The number of fused-ring (bicyclic) bond motifs is 1. The quantitative estimate of drug-likeness (QED) is 0.337. The first-order chi connectivity index (χ1) is 16.0. The van der Waals surface area contributed by atoms with Crippen LogP contribution in [0.1, 0.15) is 55.3 Å². The molecule has 5 nitrogen and oxygen atoms in total. The second kappa shape index (κ2) is 8.61. The fourth-order valence-corrected chi connectivity index (χ4v) is 4.37. The Balaban J connectivity index is 1.97. The number of phenols is 1. The number of hydrogen-bond donors (Lipinski definition) is 4. The summed E-state index contributed by atoms with van der Waals surface area (Å²) in [6.07, 6.45) is -3.10. The molecule has 2 unspecified atom stereocenters. The zero-order valence-corrected chi connectivity index (χ0v) is 18.8. The van der Waals surface area contributed by atoms with E-state index >= 15 is 0 Å². The second-order valence-electron chi connectivity index (χ2n) is 9.11. The molecule has 1 fully saturated rings. The number of alkyl halides is 3. The molecule has 3 aromatic rings. The standard InChI is InChI=1S/C25H26F4N2O3/c1-3-13-10-17-15(7-9-20(34)30-17)18(11-13)31-23(24(2,12-32)25(27,28)29)16-6-8-19(33)22(26)21(16)14-4-5-14/h6-11,14,23,31-33H,3-5,12H2,1-2H3,(H,30,34). The average Bonchev–Trinajstić information content (AvgIpc) is 3.62. The highest BCUT2D eigenvalue weighted by Crippen LogP contribution is 2.53. The van der Waals surface area contributed by atoms with E-state index in [1.807, 2.05) is 6.92 Å². The van der Waals surface area contributed by atoms with E-state index < -0.39 is 35.8 Å². The van der Waals surface area contributed by atoms with Crippen molar-refractivity contribution >= 4 is 16.6 Å². The molecule has 2 atom stereocenters. The number of nitrogens with one attached hydrogen (secondary N) is 2. The first-order valence-corrected chi connectivity index (χ1v) is 11.1. The monoisotopic (exact) mass is 478 g/mol. The van der Waals surface area contributed by atoms with Gasteiger partial charge in [0.25, 0.3) is 0 Å². The van der Waals surface area contributed by atoms with Gasteiger partial charge in [0, 0.05) is 22.7 Å². The molecule has 34 heavy (non-hydrogen) atoms. The first-order valence-electron chi connectivity index (χ1n) is 11.1. The normalized spacial score (nSPS) is 16.9. The molecule has 1 aromatic heterocycles. The van der Waals surface area contributed by atoms with Crippen molar-refractivity contribution in [3.63, 3.8) is 0 Å². The number of aromatic nitrogens is 1. The molecule has 2 aromatic carbocycles. The van der Waals surface area contributed by atoms with Crippen molar-refractivity contribution in [1.29, 1.82) is 0 Å². The third-order valence-corrected chi connectivity index (χ3v) is 6.71. The maximum atomic E-state index is 15.0. The summed E-state index contributed by atoms with van der Waals surface area (Å²) >= 11 is 0. The molecule has 1 heterocycles. The van der Waals surface area contributed by atoms with Crippen molar-refractivity contribution in [3.05, 3.63) is 69.3 Å². The molecule has 0 radical (unpaired) electrons. The Morgan fingerprint density at radius 1 is 1.18 bits per heavy atom. The molecule has 0 aliphatic heterocycles. The van der Waals surface area contributed by atoms with E-state index in [2.05, 4.69) is 10.3 Å². The van der Waals surface area contributed by atoms with Gasteiger partial charge in [-0.05, 0) is 67.5 Å². The molecule has 0 amide bonds. The third-order valence-electron chi connectivity index (χ3n) is 6.71. The van der Waals surface area contributed by atoms with Gasteiger partial charge in [-0.3, -0.25) is 4.79 Å². The summed E-state index contributed by atoms with van der Waals surface area (Å²) in [7, 11) is 0. The maximum Gasteiger partial charge on any atom is 0.398 e. The number of rotatable bonds is 7. The lowest BCUT2D eigenvalue weighted by Crippen LogP contribution is -2.47. The van der Waals surface area contributed by atoms with Crippen LogP contribution in [-0.2, 0) is 6.42 Å². The molecule has 1 aliphatic carbocycles. The summed E-state index contributed by atoms with van der Waals surface area (Å²) in [5.41, 5.74) is -1.43. The minimum atomic E-state index is -4.85. The number of benzene rings is 2. The van der Waals surface area contributed by atoms with Gasteiger partial charge in [0.2, 0.25) is 5.56 Å². The van der Waals surface area contributed by atoms with Gasteiger partial charge in [-0.15, -0.1) is 0 Å². The Morgan fingerprint density at radius 2 is 1.88 bits per heavy atom. The van der Waals surface area contributed by atoms with Crippen LogP contribution in [0.3, 0.4) is 0 Å². The van der Waals surface area contributed by atoms with Crippen LogP contribution in [0.4, 0.5) is 23.2 Å². The Bertz CT molecular complexity index is 1280. The fourth-order valence-electron chi connectivity index (χ4n) is 4.37. The van der Waals surface area contributed by atoms with Gasteiger partial charge in [0.1, 0.15) is 5.41 Å². The van der Waals surface area contributed by atoms with Crippen molar-refractivity contribution in [2.45, 2.75) is 51.2 Å². The summed E-state index contributed by atoms with van der Waals surface area (Å²) in [6, 6.07) is 6.98. The zero-order chi connectivity index (χ0) is 24.8. The van der Waals surface area contributed by atoms with Crippen LogP contribution in [-0.4, -0.2) is 28.0 Å². The number of aliphatic hydroxyl groups is 1. The number of hydrogen-bond acceptors (Lipinski definition) is 4. The van der Waals surface area contributed by atoms with Gasteiger partial charge in [0.15, 0.2) is 11.6 Å². The molecule has 0 spiro atoms. The topological polar surface area (TPSA) is 85.3 Å². The number of pyridine rings is 1. The first kappa shape index (κ1) is 24.1. The number of anilines is 1. The molecule has 9 heteroatoms. The van der Waals surface area contributed by atoms with E-state index in [4.69, 9.17) is 0 Å². The lowest BCUT2D eigenvalue weighted by Gasteiger charge is -2.40. The Labute approximate surface area is 193 Å². The Morgan fingerprint density at radius 3 is 2.47 bits per heavy atom. The van der Waals surface area contributed by atoms with Crippen LogP contribution < -0.4 is 10.9 Å². The van der Waals surface area contributed by atoms with E-state index in [9.17, 15) is 32.6 Å². The molecule has 0 bridgehead atoms. The number of aliphatic hydroxyl groups excluding tert-OH is 1. The summed E-state index contributed by atoms with van der Waals surface area (Å²) in [4.78, 5) is 14.5. The summed E-state index contributed by atoms with van der Waals surface area (Å²) < 4.78 is 58.2. The van der Waals surface area contributed by atoms with Crippen molar-refractivity contribution < 1.29 is 27.8 Å². The fraction of sp³-hybridized carbons (Fsp3) is 0.400. The molecule has 4 rings (SSSR count). The molecule has 0 saturated heterocycles. The van der Waals surface area contributed by atoms with Crippen molar-refractivity contribution in [2.24, 2.45) is 5.41 Å². The minimum Gasteiger partial charge on any atom is -0.505 e. The van der Waals surface area contributed by atoms with Crippen LogP contribution in [0.15, 0.2) is 41.2 Å². The lowest BCUT2D eigenvalue weighted by atomic mass is 9.76. The van der Waals surface area contributed by atoms with Gasteiger partial charge in [-0.25, -0.2) is 4.39 Å². The van der Waals surface area contributed by atoms with E-state index in [0.717, 1.165) is 18.6 Å². The summed E-state index contributed by atoms with van der Waals surface area (Å²) in [5.74, 6) is -1.87. The molecular formula is C25H26F4N2O3. The number of H-pyrrole nitrogens is 1. The number of aromatic amines is 1. The van der Waals surface area contributed by atoms with Crippen LogP contribution in [0, 0.1) is 11.2 Å². The molecule has 1 aliphatic rings. The lowest BCUT2D eigenvalue weighted by molar-refractivity contribution is -0.235. The van der Waals surface area contributed by atoms with Crippen LogP contribution >= 0.6 is 0 Å². The van der Waals surface area contributed by atoms with E-state index in [1.54, 1.807) is 12.1 Å². The van der Waals surface area contributed by atoms with Gasteiger partial charge in [0.05, 0.1) is 18.2 Å². The van der Waals surface area contributed by atoms with E-state index in [0.29, 0.717) is 35.9 Å². The third kappa shape index (κ3) is 4.13. The molecule has 4 N–H and O–H groups in total. The van der Waals surface area contributed by atoms with Crippen LogP contribution in [0.25, 0.3) is 10.9 Å². The van der Waals surface area contributed by atoms with Gasteiger partial charge >= 0.3 is 6.18 Å². The molecule has 1 saturated carbocycles. The Hall–Kier alpha value is -3.07. The molecular weight excluding hydrogens is 452 g/mol. The van der Waals surface area contributed by atoms with Crippen molar-refractivity contribution in [2.75, 3.05) is 11.9 Å². The number of phenolic OH excluding ortho intramolecular Hbond substituents is 1. The minimum absolute atomic E-state index is 0.0331. The number of halogens is 4. The second-order valence-corrected chi connectivity index (χ2v) is 9.11. The van der Waals surface area contributed by atoms with E-state index in [-0.39, 0.29) is 22.6 Å².